The zero-order chi connectivity index (χ0) is 56.4. The maximum Gasteiger partial charge on any atom is 0.306 e. The summed E-state index contributed by atoms with van der Waals surface area (Å²) in [5, 5.41) is 0. The van der Waals surface area contributed by atoms with Crippen LogP contribution in [0.15, 0.2) is 134 Å². The number of carbonyl (C=O) groups excluding carboxylic acids is 3. The fourth-order valence-electron chi connectivity index (χ4n) is 8.67. The summed E-state index contributed by atoms with van der Waals surface area (Å²) >= 11 is 0. The average molecular weight is 1080 g/mol. The van der Waals surface area contributed by atoms with E-state index in [1.54, 1.807) is 0 Å². The highest BCUT2D eigenvalue weighted by Crippen LogP contribution is 2.16. The number of unbranched alkanes of at least 4 members (excludes halogenated alkanes) is 24. The number of esters is 3. The normalized spacial score (nSPS) is 13.0. The Morgan fingerprint density at radius 1 is 0.269 bits per heavy atom. The van der Waals surface area contributed by atoms with Crippen LogP contribution in [0.5, 0.6) is 0 Å². The largest absolute Gasteiger partial charge is 0.462 e. The fourth-order valence-corrected chi connectivity index (χ4v) is 8.67. The van der Waals surface area contributed by atoms with Crippen LogP contribution in [0.3, 0.4) is 0 Å². The van der Waals surface area contributed by atoms with Gasteiger partial charge in [0.1, 0.15) is 13.2 Å². The topological polar surface area (TPSA) is 78.9 Å². The predicted molar refractivity (Wildman–Crippen MR) is 339 cm³/mol. The quantitative estimate of drug-likeness (QED) is 0.0261. The first-order chi connectivity index (χ1) is 38.5. The van der Waals surface area contributed by atoms with Crippen molar-refractivity contribution in [2.24, 2.45) is 0 Å². The molecule has 0 rings (SSSR count). The number of hydrogen-bond donors (Lipinski definition) is 0. The summed E-state index contributed by atoms with van der Waals surface area (Å²) in [6.07, 6.45) is 91.8. The molecule has 1 unspecified atom stereocenters. The molecule has 0 saturated carbocycles. The summed E-state index contributed by atoms with van der Waals surface area (Å²) in [5.74, 6) is -1.00. The first-order valence-corrected chi connectivity index (χ1v) is 32.2. The maximum atomic E-state index is 12.9. The number of ether oxygens (including phenoxy) is 3. The van der Waals surface area contributed by atoms with E-state index in [1.165, 1.54) is 122 Å². The molecule has 0 aromatic carbocycles. The number of rotatable bonds is 57. The highest BCUT2D eigenvalue weighted by molar-refractivity contribution is 5.71. The van der Waals surface area contributed by atoms with Gasteiger partial charge in [-0.2, -0.15) is 0 Å². The molecule has 0 fully saturated rings. The van der Waals surface area contributed by atoms with Crippen molar-refractivity contribution in [2.45, 2.75) is 290 Å². The van der Waals surface area contributed by atoms with Crippen LogP contribution >= 0.6 is 0 Å². The minimum absolute atomic E-state index is 0.113. The van der Waals surface area contributed by atoms with Gasteiger partial charge in [-0.3, -0.25) is 14.4 Å². The van der Waals surface area contributed by atoms with Crippen LogP contribution in [0.25, 0.3) is 0 Å². The van der Waals surface area contributed by atoms with Crippen LogP contribution in [0.1, 0.15) is 284 Å². The van der Waals surface area contributed by atoms with Gasteiger partial charge in [0.2, 0.25) is 0 Å². The van der Waals surface area contributed by atoms with E-state index in [0.29, 0.717) is 19.3 Å². The Bertz CT molecular complexity index is 1670. The Labute approximate surface area is 481 Å². The van der Waals surface area contributed by atoms with Gasteiger partial charge in [0.15, 0.2) is 6.10 Å². The van der Waals surface area contributed by atoms with Gasteiger partial charge in [-0.15, -0.1) is 0 Å². The molecule has 6 heteroatoms. The smallest absolute Gasteiger partial charge is 0.306 e. The molecule has 0 saturated heterocycles. The molecule has 0 aliphatic rings. The lowest BCUT2D eigenvalue weighted by Crippen LogP contribution is -2.30. The molecule has 0 radical (unpaired) electrons. The predicted octanol–water partition coefficient (Wildman–Crippen LogP) is 22.2. The van der Waals surface area contributed by atoms with Crippen molar-refractivity contribution in [3.8, 4) is 0 Å². The van der Waals surface area contributed by atoms with Crippen molar-refractivity contribution in [1.82, 2.24) is 0 Å². The molecule has 0 aromatic rings. The van der Waals surface area contributed by atoms with Crippen LogP contribution < -0.4 is 0 Å². The molecule has 0 bridgehead atoms. The zero-order valence-electron chi connectivity index (χ0n) is 50.6. The Morgan fingerprint density at radius 2 is 0.526 bits per heavy atom. The standard InChI is InChI=1S/C72H118O6/c1-4-7-10-13-16-19-22-25-28-31-34-35-36-37-39-41-44-47-50-53-56-59-62-65-71(74)77-68-69(67-76-70(73)64-61-58-55-52-49-46-43-40-33-30-27-24-21-18-15-12-9-6-3)78-72(75)66-63-60-57-54-51-48-45-42-38-32-29-26-23-20-17-14-11-8-5-2/h7-8,10-11,16-17,19-20,25-26,28-29,34-35,37-39,42,48,51,57,60,69H,4-6,9,12-15,18,21-24,27,30-33,36,40-41,43-47,49-50,52-56,58-59,61-68H2,1-3H3/b10-7-,11-8-,19-16-,20-17-,28-25-,29-26-,35-34-,39-37-,42-38-,51-48-,60-57-. The van der Waals surface area contributed by atoms with Gasteiger partial charge in [-0.25, -0.2) is 0 Å². The summed E-state index contributed by atoms with van der Waals surface area (Å²) in [6, 6.07) is 0. The van der Waals surface area contributed by atoms with Crippen LogP contribution in [0.4, 0.5) is 0 Å². The second-order valence-corrected chi connectivity index (χ2v) is 20.9. The third-order valence-electron chi connectivity index (χ3n) is 13.4. The Kier molecular flexibility index (Phi) is 61.4. The maximum absolute atomic E-state index is 12.9. The molecular weight excluding hydrogens is 961 g/mol. The molecule has 0 N–H and O–H groups in total. The Hall–Kier alpha value is -4.45. The summed E-state index contributed by atoms with van der Waals surface area (Å²) in [7, 11) is 0. The molecule has 0 heterocycles. The second-order valence-electron chi connectivity index (χ2n) is 20.9. The SMILES string of the molecule is CC/C=C\C/C=C\C/C=C\C/C=C\C/C=C\C/C=C\CCC(=O)OC(COC(=O)CCCCCCCCC/C=C\C/C=C\C/C=C\C/C=C\C/C=C\CC)COC(=O)CCCCCCCCCCCCCCCCCCCC. The second kappa shape index (κ2) is 65.1. The van der Waals surface area contributed by atoms with Gasteiger partial charge in [0.05, 0.1) is 0 Å². The van der Waals surface area contributed by atoms with E-state index < -0.39 is 12.1 Å². The molecule has 0 spiro atoms. The molecular formula is C72H118O6. The molecule has 1 atom stereocenters. The minimum Gasteiger partial charge on any atom is -0.462 e. The van der Waals surface area contributed by atoms with Crippen molar-refractivity contribution in [3.05, 3.63) is 134 Å². The zero-order valence-corrected chi connectivity index (χ0v) is 50.6. The van der Waals surface area contributed by atoms with Gasteiger partial charge in [-0.1, -0.05) is 296 Å². The van der Waals surface area contributed by atoms with E-state index in [2.05, 4.69) is 148 Å². The van der Waals surface area contributed by atoms with Crippen molar-refractivity contribution in [2.75, 3.05) is 13.2 Å². The van der Waals surface area contributed by atoms with Gasteiger partial charge in [0.25, 0.3) is 0 Å². The van der Waals surface area contributed by atoms with E-state index in [-0.39, 0.29) is 31.6 Å². The lowest BCUT2D eigenvalue weighted by atomic mass is 10.0. The summed E-state index contributed by atoms with van der Waals surface area (Å²) in [5.41, 5.74) is 0. The molecule has 0 aromatic heterocycles. The Morgan fingerprint density at radius 3 is 0.833 bits per heavy atom. The van der Waals surface area contributed by atoms with Crippen LogP contribution in [0, 0.1) is 0 Å². The number of hydrogen-bond acceptors (Lipinski definition) is 6. The summed E-state index contributed by atoms with van der Waals surface area (Å²) < 4.78 is 16.9. The number of carbonyl (C=O) groups is 3. The van der Waals surface area contributed by atoms with Gasteiger partial charge in [0, 0.05) is 19.3 Å². The molecule has 0 aliphatic carbocycles. The lowest BCUT2D eigenvalue weighted by molar-refractivity contribution is -0.166. The molecule has 6 nitrogen and oxygen atoms in total. The fraction of sp³-hybridized carbons (Fsp3) is 0.653. The van der Waals surface area contributed by atoms with Gasteiger partial charge in [-0.05, 0) is 103 Å². The lowest BCUT2D eigenvalue weighted by Gasteiger charge is -2.18. The molecule has 78 heavy (non-hydrogen) atoms. The summed E-state index contributed by atoms with van der Waals surface area (Å²) in [6.45, 7) is 6.36. The van der Waals surface area contributed by atoms with E-state index >= 15 is 0 Å². The highest BCUT2D eigenvalue weighted by Gasteiger charge is 2.19. The Balaban J connectivity index is 4.50. The van der Waals surface area contributed by atoms with Crippen LogP contribution in [0.2, 0.25) is 0 Å². The van der Waals surface area contributed by atoms with Crippen molar-refractivity contribution in [1.29, 1.82) is 0 Å². The third kappa shape index (κ3) is 62.4. The van der Waals surface area contributed by atoms with Crippen molar-refractivity contribution in [3.63, 3.8) is 0 Å². The summed E-state index contributed by atoms with van der Waals surface area (Å²) in [4.78, 5) is 38.3. The molecule has 442 valence electrons. The third-order valence-corrected chi connectivity index (χ3v) is 13.4. The van der Waals surface area contributed by atoms with E-state index in [9.17, 15) is 14.4 Å². The van der Waals surface area contributed by atoms with E-state index in [0.717, 1.165) is 116 Å². The van der Waals surface area contributed by atoms with E-state index in [1.807, 2.05) is 6.08 Å². The van der Waals surface area contributed by atoms with Crippen molar-refractivity contribution < 1.29 is 28.6 Å². The van der Waals surface area contributed by atoms with Crippen molar-refractivity contribution >= 4 is 17.9 Å². The number of allylic oxidation sites excluding steroid dienone is 22. The minimum atomic E-state index is -0.828. The first-order valence-electron chi connectivity index (χ1n) is 32.2. The van der Waals surface area contributed by atoms with Gasteiger partial charge >= 0.3 is 17.9 Å². The van der Waals surface area contributed by atoms with Crippen LogP contribution in [-0.4, -0.2) is 37.2 Å². The van der Waals surface area contributed by atoms with Crippen LogP contribution in [-0.2, 0) is 28.6 Å². The molecule has 0 aliphatic heterocycles. The molecule has 0 amide bonds. The van der Waals surface area contributed by atoms with Gasteiger partial charge < -0.3 is 14.2 Å². The first kappa shape index (κ1) is 73.5. The highest BCUT2D eigenvalue weighted by atomic mass is 16.6. The average Bonchev–Trinajstić information content (AvgIpc) is 3.44. The monoisotopic (exact) mass is 1080 g/mol. The van der Waals surface area contributed by atoms with E-state index in [4.69, 9.17) is 14.2 Å².